The third-order valence-electron chi connectivity index (χ3n) is 3.20. The molecule has 0 bridgehead atoms. The second-order valence-corrected chi connectivity index (χ2v) is 4.61. The average molecular weight is 272 g/mol. The minimum Gasteiger partial charge on any atom is -0.439 e. The van der Waals surface area contributed by atoms with Gasteiger partial charge in [-0.2, -0.15) is 14.6 Å². The van der Waals surface area contributed by atoms with E-state index in [0.29, 0.717) is 23.0 Å². The van der Waals surface area contributed by atoms with Crippen LogP contribution in [0.1, 0.15) is 16.8 Å². The number of aromatic nitrogens is 4. The van der Waals surface area contributed by atoms with Gasteiger partial charge in [0.25, 0.3) is 5.78 Å². The Bertz CT molecular complexity index is 797. The van der Waals surface area contributed by atoms with Crippen LogP contribution in [0.2, 0.25) is 0 Å². The van der Waals surface area contributed by atoms with Crippen molar-refractivity contribution in [1.82, 2.24) is 19.6 Å². The van der Waals surface area contributed by atoms with Gasteiger partial charge in [-0.15, -0.1) is 0 Å². The maximum absolute atomic E-state index is 13.3. The number of benzene rings is 1. The third-order valence-corrected chi connectivity index (χ3v) is 3.20. The molecule has 6 heteroatoms. The Kier molecular flexibility index (Phi) is 2.85. The molecule has 0 unspecified atom stereocenters. The summed E-state index contributed by atoms with van der Waals surface area (Å²) in [5.41, 5.74) is 2.21. The summed E-state index contributed by atoms with van der Waals surface area (Å²) in [7, 11) is 0. The first-order valence-electron chi connectivity index (χ1n) is 6.17. The smallest absolute Gasteiger partial charge is 0.255 e. The lowest BCUT2D eigenvalue weighted by atomic mass is 10.2. The van der Waals surface area contributed by atoms with Gasteiger partial charge in [0, 0.05) is 11.3 Å². The van der Waals surface area contributed by atoms with Crippen LogP contribution >= 0.6 is 0 Å². The van der Waals surface area contributed by atoms with E-state index in [4.69, 9.17) is 4.74 Å². The minimum atomic E-state index is -0.258. The molecule has 0 N–H and O–H groups in total. The number of hydrogen-bond donors (Lipinski definition) is 0. The Morgan fingerprint density at radius 2 is 2.00 bits per heavy atom. The summed E-state index contributed by atoms with van der Waals surface area (Å²) in [4.78, 5) is 8.37. The van der Waals surface area contributed by atoms with Crippen molar-refractivity contribution >= 4 is 5.78 Å². The fourth-order valence-corrected chi connectivity index (χ4v) is 1.91. The van der Waals surface area contributed by atoms with Crippen LogP contribution in [0.5, 0.6) is 11.6 Å². The molecular formula is C14H13FN4O. The van der Waals surface area contributed by atoms with Crippen LogP contribution in [0.4, 0.5) is 4.39 Å². The fraction of sp³-hybridized carbons (Fsp3) is 0.214. The molecule has 0 atom stereocenters. The molecule has 0 spiro atoms. The average Bonchev–Trinajstić information content (AvgIpc) is 2.87. The van der Waals surface area contributed by atoms with Crippen molar-refractivity contribution in [2.45, 2.75) is 20.8 Å². The summed E-state index contributed by atoms with van der Waals surface area (Å²) in [5, 5.41) is 4.10. The van der Waals surface area contributed by atoms with Gasteiger partial charge >= 0.3 is 0 Å². The van der Waals surface area contributed by atoms with E-state index in [0.717, 1.165) is 11.3 Å². The van der Waals surface area contributed by atoms with Crippen LogP contribution in [-0.4, -0.2) is 19.6 Å². The van der Waals surface area contributed by atoms with Gasteiger partial charge in [-0.1, -0.05) is 0 Å². The molecule has 0 saturated carbocycles. The lowest BCUT2D eigenvalue weighted by Crippen LogP contribution is -2.03. The van der Waals surface area contributed by atoms with Crippen LogP contribution < -0.4 is 4.74 Å². The predicted molar refractivity (Wildman–Crippen MR) is 71.5 cm³/mol. The molecule has 0 radical (unpaired) electrons. The largest absolute Gasteiger partial charge is 0.439 e. The van der Waals surface area contributed by atoms with Gasteiger partial charge in [0.1, 0.15) is 17.9 Å². The van der Waals surface area contributed by atoms with Gasteiger partial charge in [0.05, 0.1) is 0 Å². The molecule has 2 heterocycles. The van der Waals surface area contributed by atoms with Crippen LogP contribution in [0.15, 0.2) is 24.5 Å². The normalized spacial score (nSPS) is 11.0. The number of nitrogens with zero attached hydrogens (tertiary/aromatic N) is 4. The van der Waals surface area contributed by atoms with Crippen LogP contribution in [0.25, 0.3) is 5.78 Å². The number of hydrogen-bond acceptors (Lipinski definition) is 4. The third kappa shape index (κ3) is 1.99. The van der Waals surface area contributed by atoms with E-state index in [9.17, 15) is 4.39 Å². The Morgan fingerprint density at radius 3 is 2.75 bits per heavy atom. The first kappa shape index (κ1) is 12.5. The highest BCUT2D eigenvalue weighted by molar-refractivity contribution is 5.42. The van der Waals surface area contributed by atoms with E-state index in [1.165, 1.54) is 16.9 Å². The fourth-order valence-electron chi connectivity index (χ4n) is 1.91. The second-order valence-electron chi connectivity index (χ2n) is 4.61. The lowest BCUT2D eigenvalue weighted by molar-refractivity contribution is 0.439. The van der Waals surface area contributed by atoms with Gasteiger partial charge in [0.15, 0.2) is 0 Å². The highest BCUT2D eigenvalue weighted by Crippen LogP contribution is 2.27. The van der Waals surface area contributed by atoms with Crippen LogP contribution in [-0.2, 0) is 0 Å². The van der Waals surface area contributed by atoms with Gasteiger partial charge in [-0.25, -0.2) is 9.37 Å². The van der Waals surface area contributed by atoms with E-state index in [1.807, 2.05) is 13.8 Å². The number of fused-ring (bicyclic) bond motifs is 1. The quantitative estimate of drug-likeness (QED) is 0.719. The van der Waals surface area contributed by atoms with Crippen molar-refractivity contribution in [3.63, 3.8) is 0 Å². The summed E-state index contributed by atoms with van der Waals surface area (Å²) >= 11 is 0. The molecule has 1 aromatic carbocycles. The molecule has 0 aliphatic rings. The zero-order valence-electron chi connectivity index (χ0n) is 11.4. The van der Waals surface area contributed by atoms with Crippen molar-refractivity contribution in [2.24, 2.45) is 0 Å². The highest BCUT2D eigenvalue weighted by Gasteiger charge is 2.13. The molecule has 5 nitrogen and oxygen atoms in total. The molecule has 3 rings (SSSR count). The summed E-state index contributed by atoms with van der Waals surface area (Å²) in [6, 6.07) is 4.61. The zero-order valence-corrected chi connectivity index (χ0v) is 11.4. The predicted octanol–water partition coefficient (Wildman–Crippen LogP) is 2.98. The molecule has 102 valence electrons. The second kappa shape index (κ2) is 4.56. The minimum absolute atomic E-state index is 0.258. The van der Waals surface area contributed by atoms with Crippen molar-refractivity contribution < 1.29 is 9.13 Å². The molecule has 2 aromatic heterocycles. The number of aryl methyl sites for hydroxylation is 2. The molecular weight excluding hydrogens is 259 g/mol. The van der Waals surface area contributed by atoms with Crippen molar-refractivity contribution in [3.05, 3.63) is 47.2 Å². The van der Waals surface area contributed by atoms with E-state index in [-0.39, 0.29) is 5.82 Å². The number of halogens is 1. The van der Waals surface area contributed by atoms with Crippen LogP contribution in [0.3, 0.4) is 0 Å². The molecule has 0 aliphatic carbocycles. The maximum atomic E-state index is 13.3. The topological polar surface area (TPSA) is 52.3 Å². The van der Waals surface area contributed by atoms with Crippen molar-refractivity contribution in [2.75, 3.05) is 0 Å². The van der Waals surface area contributed by atoms with Crippen LogP contribution in [0, 0.1) is 26.6 Å². The number of rotatable bonds is 2. The van der Waals surface area contributed by atoms with E-state index in [1.54, 1.807) is 19.1 Å². The van der Waals surface area contributed by atoms with Crippen molar-refractivity contribution in [3.8, 4) is 11.6 Å². The zero-order chi connectivity index (χ0) is 14.3. The van der Waals surface area contributed by atoms with Gasteiger partial charge in [-0.3, -0.25) is 0 Å². The Morgan fingerprint density at radius 1 is 1.20 bits per heavy atom. The summed E-state index contributed by atoms with van der Waals surface area (Å²) in [6.45, 7) is 5.47. The Balaban J connectivity index is 2.11. The Hall–Kier alpha value is -2.50. The van der Waals surface area contributed by atoms with Gasteiger partial charge in [-0.05, 0) is 44.5 Å². The summed E-state index contributed by atoms with van der Waals surface area (Å²) < 4.78 is 20.7. The van der Waals surface area contributed by atoms with E-state index < -0.39 is 0 Å². The molecule has 0 fully saturated rings. The summed E-state index contributed by atoms with van der Waals surface area (Å²) in [5.74, 6) is 1.30. The van der Waals surface area contributed by atoms with E-state index in [2.05, 4.69) is 15.1 Å². The first-order chi connectivity index (χ1) is 9.56. The SMILES string of the molecule is Cc1cc(Oc2c(C)c(C)nc3ncnn23)ccc1F. The highest BCUT2D eigenvalue weighted by atomic mass is 19.1. The van der Waals surface area contributed by atoms with E-state index >= 15 is 0 Å². The van der Waals surface area contributed by atoms with Crippen molar-refractivity contribution in [1.29, 1.82) is 0 Å². The molecule has 0 aliphatic heterocycles. The molecule has 0 saturated heterocycles. The molecule has 0 amide bonds. The first-order valence-corrected chi connectivity index (χ1v) is 6.17. The summed E-state index contributed by atoms with van der Waals surface area (Å²) in [6.07, 6.45) is 1.42. The lowest BCUT2D eigenvalue weighted by Gasteiger charge is -2.11. The molecule has 20 heavy (non-hydrogen) atoms. The monoisotopic (exact) mass is 272 g/mol. The van der Waals surface area contributed by atoms with Gasteiger partial charge in [0.2, 0.25) is 5.88 Å². The number of ether oxygens (including phenoxy) is 1. The molecule has 3 aromatic rings. The Labute approximate surface area is 115 Å². The van der Waals surface area contributed by atoms with Gasteiger partial charge < -0.3 is 4.74 Å². The maximum Gasteiger partial charge on any atom is 0.255 e. The standard InChI is InChI=1S/C14H13FN4O/c1-8-6-11(4-5-12(8)15)20-13-9(2)10(3)18-14-16-7-17-19(13)14/h4-7H,1-3H3.